The fourth-order valence-corrected chi connectivity index (χ4v) is 3.08. The van der Waals surface area contributed by atoms with Crippen molar-refractivity contribution in [1.29, 1.82) is 0 Å². The van der Waals surface area contributed by atoms with Crippen LogP contribution in [0.4, 0.5) is 10.1 Å². The normalized spacial score (nSPS) is 11.2. The molecule has 0 amide bonds. The number of ether oxygens (including phenoxy) is 1. The van der Waals surface area contributed by atoms with Crippen LogP contribution in [-0.2, 0) is 10.0 Å². The van der Waals surface area contributed by atoms with Gasteiger partial charge < -0.3 is 4.74 Å². The summed E-state index contributed by atoms with van der Waals surface area (Å²) in [6.45, 7) is 1.81. The third kappa shape index (κ3) is 3.46. The Morgan fingerprint density at radius 2 is 1.90 bits per heavy atom. The average Bonchev–Trinajstić information content (AvgIpc) is 2.37. The van der Waals surface area contributed by atoms with Gasteiger partial charge in [-0.3, -0.25) is 4.72 Å². The van der Waals surface area contributed by atoms with Crippen molar-refractivity contribution in [2.24, 2.45) is 0 Å². The molecular weight excluding hydrogens is 317 g/mol. The van der Waals surface area contributed by atoms with Crippen LogP contribution in [0, 0.1) is 12.7 Å². The molecule has 0 radical (unpaired) electrons. The molecule has 0 aliphatic rings. The Morgan fingerprint density at radius 3 is 2.52 bits per heavy atom. The molecule has 4 nitrogen and oxygen atoms in total. The van der Waals surface area contributed by atoms with Crippen LogP contribution in [0.2, 0.25) is 5.02 Å². The largest absolute Gasteiger partial charge is 0.495 e. The molecule has 0 aliphatic carbocycles. The first kappa shape index (κ1) is 15.6. The summed E-state index contributed by atoms with van der Waals surface area (Å²) in [5.74, 6) is -0.569. The van der Waals surface area contributed by atoms with Crippen LogP contribution in [0.1, 0.15) is 5.56 Å². The molecule has 2 rings (SSSR count). The van der Waals surface area contributed by atoms with Crippen LogP contribution in [0.15, 0.2) is 41.3 Å². The molecule has 0 saturated heterocycles. The highest BCUT2D eigenvalue weighted by Gasteiger charge is 2.21. The van der Waals surface area contributed by atoms with Crippen LogP contribution in [0.5, 0.6) is 5.75 Å². The van der Waals surface area contributed by atoms with Gasteiger partial charge >= 0.3 is 0 Å². The van der Waals surface area contributed by atoms with Crippen LogP contribution in [0.3, 0.4) is 0 Å². The number of anilines is 1. The van der Waals surface area contributed by atoms with E-state index in [1.807, 2.05) is 0 Å². The van der Waals surface area contributed by atoms with E-state index in [0.717, 1.165) is 17.7 Å². The molecule has 1 N–H and O–H groups in total. The molecular formula is C14H13ClFNO3S. The topological polar surface area (TPSA) is 55.4 Å². The van der Waals surface area contributed by atoms with E-state index in [1.54, 1.807) is 25.1 Å². The van der Waals surface area contributed by atoms with Crippen molar-refractivity contribution in [3.8, 4) is 5.75 Å². The second-order valence-corrected chi connectivity index (χ2v) is 6.47. The standard InChI is InChI=1S/C14H13ClFNO3S/c1-9-3-5-13(20-2)12(7-9)17-21(18,19)14-6-4-10(15)8-11(14)16/h3-8,17H,1-2H3. The molecule has 0 unspecified atom stereocenters. The Morgan fingerprint density at radius 1 is 1.19 bits per heavy atom. The number of methoxy groups -OCH3 is 1. The predicted molar refractivity (Wildman–Crippen MR) is 79.9 cm³/mol. The molecule has 2 aromatic rings. The van der Waals surface area contributed by atoms with Gasteiger partial charge in [-0.05, 0) is 42.8 Å². The maximum absolute atomic E-state index is 13.8. The molecule has 21 heavy (non-hydrogen) atoms. The summed E-state index contributed by atoms with van der Waals surface area (Å²) >= 11 is 5.62. The SMILES string of the molecule is COc1ccc(C)cc1NS(=O)(=O)c1ccc(Cl)cc1F. The number of nitrogens with one attached hydrogen (secondary N) is 1. The summed E-state index contributed by atoms with van der Waals surface area (Å²) in [4.78, 5) is -0.476. The highest BCUT2D eigenvalue weighted by atomic mass is 35.5. The molecule has 0 atom stereocenters. The van der Waals surface area contributed by atoms with Gasteiger partial charge in [0.15, 0.2) is 0 Å². The smallest absolute Gasteiger partial charge is 0.264 e. The van der Waals surface area contributed by atoms with Crippen LogP contribution >= 0.6 is 11.6 Å². The van der Waals surface area contributed by atoms with E-state index >= 15 is 0 Å². The van der Waals surface area contributed by atoms with Crippen LogP contribution in [0.25, 0.3) is 0 Å². The molecule has 0 saturated carbocycles. The van der Waals surface area contributed by atoms with Crippen molar-refractivity contribution in [3.63, 3.8) is 0 Å². The summed E-state index contributed by atoms with van der Waals surface area (Å²) in [7, 11) is -2.65. The van der Waals surface area contributed by atoms with Gasteiger partial charge in [0.25, 0.3) is 10.0 Å². The van der Waals surface area contributed by atoms with Crippen LogP contribution < -0.4 is 9.46 Å². The Balaban J connectivity index is 2.44. The van der Waals surface area contributed by atoms with Gasteiger partial charge in [-0.15, -0.1) is 0 Å². The van der Waals surface area contributed by atoms with Gasteiger partial charge in [-0.1, -0.05) is 17.7 Å². The summed E-state index contributed by atoms with van der Waals surface area (Å²) in [6.07, 6.45) is 0. The van der Waals surface area contributed by atoms with Gasteiger partial charge in [0.2, 0.25) is 0 Å². The Kier molecular flexibility index (Phi) is 4.39. The second kappa shape index (κ2) is 5.91. The molecule has 0 heterocycles. The Bertz CT molecular complexity index is 778. The van der Waals surface area contributed by atoms with Crippen molar-refractivity contribution >= 4 is 27.3 Å². The summed E-state index contributed by atoms with van der Waals surface area (Å²) in [6, 6.07) is 8.38. The molecule has 0 aromatic heterocycles. The number of aryl methyl sites for hydroxylation is 1. The third-order valence-corrected chi connectivity index (χ3v) is 4.42. The van der Waals surface area contributed by atoms with E-state index in [2.05, 4.69) is 4.72 Å². The summed E-state index contributed by atoms with van der Waals surface area (Å²) in [5, 5.41) is 0.125. The Labute approximate surface area is 127 Å². The maximum atomic E-state index is 13.8. The Hall–Kier alpha value is -1.79. The van der Waals surface area contributed by atoms with E-state index in [1.165, 1.54) is 13.2 Å². The summed E-state index contributed by atoms with van der Waals surface area (Å²) in [5.41, 5.74) is 1.08. The quantitative estimate of drug-likeness (QED) is 0.932. The van der Waals surface area contributed by atoms with Crippen molar-refractivity contribution in [3.05, 3.63) is 52.8 Å². The third-order valence-electron chi connectivity index (χ3n) is 2.78. The van der Waals surface area contributed by atoms with Crippen molar-refractivity contribution < 1.29 is 17.5 Å². The van der Waals surface area contributed by atoms with Crippen molar-refractivity contribution in [2.45, 2.75) is 11.8 Å². The molecule has 2 aromatic carbocycles. The van der Waals surface area contributed by atoms with E-state index in [0.29, 0.717) is 5.75 Å². The molecule has 0 aliphatic heterocycles. The van der Waals surface area contributed by atoms with E-state index < -0.39 is 20.7 Å². The van der Waals surface area contributed by atoms with Gasteiger partial charge in [0.05, 0.1) is 12.8 Å². The van der Waals surface area contributed by atoms with E-state index in [9.17, 15) is 12.8 Å². The molecule has 0 fully saturated rings. The first-order valence-corrected chi connectivity index (χ1v) is 7.82. The zero-order valence-electron chi connectivity index (χ0n) is 11.4. The maximum Gasteiger partial charge on any atom is 0.264 e. The monoisotopic (exact) mass is 329 g/mol. The van der Waals surface area contributed by atoms with Gasteiger partial charge in [0.1, 0.15) is 16.5 Å². The highest BCUT2D eigenvalue weighted by molar-refractivity contribution is 7.92. The van der Waals surface area contributed by atoms with Crippen LogP contribution in [-0.4, -0.2) is 15.5 Å². The van der Waals surface area contributed by atoms with Gasteiger partial charge in [-0.25, -0.2) is 12.8 Å². The van der Waals surface area contributed by atoms with Gasteiger partial charge in [-0.2, -0.15) is 0 Å². The number of benzene rings is 2. The molecule has 0 spiro atoms. The zero-order valence-corrected chi connectivity index (χ0v) is 12.9. The second-order valence-electron chi connectivity index (χ2n) is 4.38. The van der Waals surface area contributed by atoms with E-state index in [4.69, 9.17) is 16.3 Å². The molecule has 7 heteroatoms. The summed E-state index contributed by atoms with van der Waals surface area (Å²) < 4.78 is 45.7. The fourth-order valence-electron chi connectivity index (χ4n) is 1.79. The number of sulfonamides is 1. The van der Waals surface area contributed by atoms with Crippen molar-refractivity contribution in [1.82, 2.24) is 0 Å². The minimum Gasteiger partial charge on any atom is -0.495 e. The minimum absolute atomic E-state index is 0.125. The number of hydrogen-bond acceptors (Lipinski definition) is 3. The molecule has 0 bridgehead atoms. The average molecular weight is 330 g/mol. The predicted octanol–water partition coefficient (Wildman–Crippen LogP) is 3.60. The van der Waals surface area contributed by atoms with Crippen molar-refractivity contribution in [2.75, 3.05) is 11.8 Å². The fraction of sp³-hybridized carbons (Fsp3) is 0.143. The first-order chi connectivity index (χ1) is 9.83. The molecule has 112 valence electrons. The first-order valence-electron chi connectivity index (χ1n) is 5.96. The van der Waals surface area contributed by atoms with E-state index in [-0.39, 0.29) is 10.7 Å². The lowest BCUT2D eigenvalue weighted by molar-refractivity contribution is 0.417. The number of rotatable bonds is 4. The lowest BCUT2D eigenvalue weighted by Crippen LogP contribution is -2.15. The highest BCUT2D eigenvalue weighted by Crippen LogP contribution is 2.29. The lowest BCUT2D eigenvalue weighted by Gasteiger charge is -2.13. The number of halogens is 2. The number of hydrogen-bond donors (Lipinski definition) is 1. The van der Waals surface area contributed by atoms with Gasteiger partial charge in [0, 0.05) is 5.02 Å². The minimum atomic E-state index is -4.07. The lowest BCUT2D eigenvalue weighted by atomic mass is 10.2. The zero-order chi connectivity index (χ0) is 15.6.